The summed E-state index contributed by atoms with van der Waals surface area (Å²) >= 11 is 0. The minimum absolute atomic E-state index is 0.124. The molecule has 2 N–H and O–H groups in total. The molecule has 2 aromatic rings. The summed E-state index contributed by atoms with van der Waals surface area (Å²) in [6.07, 6.45) is 5.28. The highest BCUT2D eigenvalue weighted by Gasteiger charge is 2.46. The Morgan fingerprint density at radius 3 is 2.74 bits per heavy atom. The number of phenolic OH excluding ortho intramolecular Hbond substituents is 2. The lowest BCUT2D eigenvalue weighted by atomic mass is 9.82. The van der Waals surface area contributed by atoms with Crippen molar-refractivity contribution in [2.24, 2.45) is 0 Å². The molecule has 0 fully saturated rings. The maximum Gasteiger partial charge on any atom is 0.128 e. The van der Waals surface area contributed by atoms with E-state index in [-0.39, 0.29) is 11.3 Å². The average molecular weight is 252 g/mol. The zero-order valence-corrected chi connectivity index (χ0v) is 11.1. The molecule has 0 aromatic heterocycles. The van der Waals surface area contributed by atoms with Gasteiger partial charge in [-0.05, 0) is 19.4 Å². The van der Waals surface area contributed by atoms with Gasteiger partial charge in [-0.25, -0.2) is 0 Å². The number of aryl methyl sites for hydroxylation is 1. The van der Waals surface area contributed by atoms with E-state index in [1.165, 1.54) is 0 Å². The fraction of sp³-hybridized carbons (Fsp3) is 0.294. The van der Waals surface area contributed by atoms with Crippen LogP contribution < -0.4 is 0 Å². The normalized spacial score (nSPS) is 27.2. The van der Waals surface area contributed by atoms with E-state index in [0.29, 0.717) is 11.5 Å². The van der Waals surface area contributed by atoms with Gasteiger partial charge in [0.2, 0.25) is 0 Å². The zero-order chi connectivity index (χ0) is 13.4. The van der Waals surface area contributed by atoms with Crippen LogP contribution in [0.2, 0.25) is 0 Å². The third-order valence-electron chi connectivity index (χ3n) is 4.73. The minimum atomic E-state index is -0.124. The minimum Gasteiger partial charge on any atom is -0.507 e. The van der Waals surface area contributed by atoms with Gasteiger partial charge in [0.25, 0.3) is 0 Å². The third kappa shape index (κ3) is 1.17. The molecule has 0 amide bonds. The van der Waals surface area contributed by atoms with E-state index < -0.39 is 0 Å². The highest BCUT2D eigenvalue weighted by atomic mass is 16.3. The molecule has 0 saturated carbocycles. The molecule has 4 rings (SSSR count). The van der Waals surface area contributed by atoms with Crippen molar-refractivity contribution in [1.29, 1.82) is 0 Å². The summed E-state index contributed by atoms with van der Waals surface area (Å²) in [6, 6.07) is 5.82. The Bertz CT molecular complexity index is 758. The standard InChI is InChI=1S/C17H16O2/c1-9-3-4-11-12(7-9)15(18)13-10-5-6-17(2,8-10)14(13)16(11)19/h3-7,10,18-19H,8H2,1-2H3. The second-order valence-corrected chi connectivity index (χ2v) is 6.12. The van der Waals surface area contributed by atoms with E-state index in [9.17, 15) is 10.2 Å². The fourth-order valence-corrected chi connectivity index (χ4v) is 3.83. The molecule has 2 heteroatoms. The molecular weight excluding hydrogens is 236 g/mol. The van der Waals surface area contributed by atoms with Crippen LogP contribution in [0.4, 0.5) is 0 Å². The van der Waals surface area contributed by atoms with Crippen molar-refractivity contribution in [3.63, 3.8) is 0 Å². The Balaban J connectivity index is 2.20. The molecular formula is C17H16O2. The first kappa shape index (κ1) is 10.9. The molecule has 2 aliphatic carbocycles. The van der Waals surface area contributed by atoms with Crippen molar-refractivity contribution in [2.75, 3.05) is 0 Å². The number of hydrogen-bond donors (Lipinski definition) is 2. The van der Waals surface area contributed by atoms with Gasteiger partial charge in [0.1, 0.15) is 11.5 Å². The quantitative estimate of drug-likeness (QED) is 0.552. The molecule has 0 radical (unpaired) electrons. The maximum absolute atomic E-state index is 10.6. The first-order chi connectivity index (χ1) is 9.01. The molecule has 0 spiro atoms. The van der Waals surface area contributed by atoms with Gasteiger partial charge in [0, 0.05) is 33.2 Å². The Hall–Kier alpha value is -1.96. The van der Waals surface area contributed by atoms with E-state index in [1.54, 1.807) is 0 Å². The summed E-state index contributed by atoms with van der Waals surface area (Å²) < 4.78 is 0. The molecule has 0 heterocycles. The van der Waals surface area contributed by atoms with Gasteiger partial charge in [-0.2, -0.15) is 0 Å². The van der Waals surface area contributed by atoms with Crippen LogP contribution in [0.3, 0.4) is 0 Å². The first-order valence-corrected chi connectivity index (χ1v) is 6.69. The van der Waals surface area contributed by atoms with Crippen LogP contribution in [0.5, 0.6) is 11.5 Å². The summed E-state index contributed by atoms with van der Waals surface area (Å²) in [6.45, 7) is 4.13. The van der Waals surface area contributed by atoms with Crippen molar-refractivity contribution in [2.45, 2.75) is 31.6 Å². The summed E-state index contributed by atoms with van der Waals surface area (Å²) in [5, 5.41) is 22.8. The molecule has 96 valence electrons. The predicted molar refractivity (Wildman–Crippen MR) is 75.9 cm³/mol. The Labute approximate surface area is 112 Å². The van der Waals surface area contributed by atoms with E-state index in [0.717, 1.165) is 33.9 Å². The van der Waals surface area contributed by atoms with E-state index in [4.69, 9.17) is 0 Å². The fourth-order valence-electron chi connectivity index (χ4n) is 3.83. The molecule has 0 saturated heterocycles. The Kier molecular flexibility index (Phi) is 1.80. The lowest BCUT2D eigenvalue weighted by Crippen LogP contribution is -2.13. The van der Waals surface area contributed by atoms with Gasteiger partial charge >= 0.3 is 0 Å². The summed E-state index contributed by atoms with van der Waals surface area (Å²) in [5.74, 6) is 0.942. The van der Waals surface area contributed by atoms with Crippen LogP contribution >= 0.6 is 0 Å². The van der Waals surface area contributed by atoms with Crippen LogP contribution in [0, 0.1) is 6.92 Å². The number of fused-ring (bicyclic) bond motifs is 6. The summed E-state index contributed by atoms with van der Waals surface area (Å²) in [4.78, 5) is 0. The summed E-state index contributed by atoms with van der Waals surface area (Å²) in [5.41, 5.74) is 2.82. The molecule has 0 aliphatic heterocycles. The van der Waals surface area contributed by atoms with Crippen LogP contribution in [0.25, 0.3) is 10.8 Å². The molecule has 2 bridgehead atoms. The van der Waals surface area contributed by atoms with E-state index in [2.05, 4.69) is 19.1 Å². The smallest absolute Gasteiger partial charge is 0.128 e. The molecule has 2 nitrogen and oxygen atoms in total. The topological polar surface area (TPSA) is 40.5 Å². The average Bonchev–Trinajstić information content (AvgIpc) is 2.89. The molecule has 2 unspecified atom stereocenters. The molecule has 2 atom stereocenters. The highest BCUT2D eigenvalue weighted by molar-refractivity contribution is 5.97. The second-order valence-electron chi connectivity index (χ2n) is 6.12. The van der Waals surface area contributed by atoms with Crippen LogP contribution in [-0.4, -0.2) is 10.2 Å². The molecule has 19 heavy (non-hydrogen) atoms. The van der Waals surface area contributed by atoms with Gasteiger partial charge in [0.15, 0.2) is 0 Å². The van der Waals surface area contributed by atoms with Crippen molar-refractivity contribution in [3.05, 3.63) is 47.0 Å². The van der Waals surface area contributed by atoms with Crippen molar-refractivity contribution >= 4 is 10.8 Å². The monoisotopic (exact) mass is 252 g/mol. The first-order valence-electron chi connectivity index (χ1n) is 6.69. The number of hydrogen-bond acceptors (Lipinski definition) is 2. The highest BCUT2D eigenvalue weighted by Crippen LogP contribution is 2.60. The number of phenols is 2. The van der Waals surface area contributed by atoms with E-state index >= 15 is 0 Å². The number of benzene rings is 2. The second kappa shape index (κ2) is 3.13. The maximum atomic E-state index is 10.6. The third-order valence-corrected chi connectivity index (χ3v) is 4.73. The number of aromatic hydroxyl groups is 2. The number of rotatable bonds is 0. The molecule has 2 aromatic carbocycles. The van der Waals surface area contributed by atoms with Gasteiger partial charge in [-0.3, -0.25) is 0 Å². The van der Waals surface area contributed by atoms with Crippen molar-refractivity contribution in [3.8, 4) is 11.5 Å². The van der Waals surface area contributed by atoms with Gasteiger partial charge in [-0.15, -0.1) is 0 Å². The van der Waals surface area contributed by atoms with Crippen molar-refractivity contribution in [1.82, 2.24) is 0 Å². The predicted octanol–water partition coefficient (Wildman–Crippen LogP) is 3.87. The van der Waals surface area contributed by atoms with Crippen LogP contribution in [0.15, 0.2) is 30.4 Å². The van der Waals surface area contributed by atoms with Crippen molar-refractivity contribution < 1.29 is 10.2 Å². The zero-order valence-electron chi connectivity index (χ0n) is 11.1. The Morgan fingerprint density at radius 2 is 1.95 bits per heavy atom. The Morgan fingerprint density at radius 1 is 1.16 bits per heavy atom. The van der Waals surface area contributed by atoms with Gasteiger partial charge < -0.3 is 10.2 Å². The van der Waals surface area contributed by atoms with Crippen LogP contribution in [0.1, 0.15) is 36.0 Å². The van der Waals surface area contributed by atoms with Gasteiger partial charge in [0.05, 0.1) is 0 Å². The van der Waals surface area contributed by atoms with Gasteiger partial charge in [-0.1, -0.05) is 36.8 Å². The van der Waals surface area contributed by atoms with E-state index in [1.807, 2.05) is 25.1 Å². The lowest BCUT2D eigenvalue weighted by Gasteiger charge is -2.23. The number of allylic oxidation sites excluding steroid dienone is 2. The lowest BCUT2D eigenvalue weighted by molar-refractivity contribution is 0.453. The molecule has 2 aliphatic rings. The summed E-state index contributed by atoms with van der Waals surface area (Å²) in [7, 11) is 0. The largest absolute Gasteiger partial charge is 0.507 e. The van der Waals surface area contributed by atoms with Crippen LogP contribution in [-0.2, 0) is 5.41 Å². The SMILES string of the molecule is Cc1ccc2c(O)c3c(c(O)c2c1)C1C=CC3(C)C1.